The summed E-state index contributed by atoms with van der Waals surface area (Å²) in [5, 5.41) is 10.9. The van der Waals surface area contributed by atoms with Gasteiger partial charge in [-0.3, -0.25) is 9.59 Å². The number of nitrogens with one attached hydrogen (secondary N) is 1. The molecular weight excluding hydrogens is 419 g/mol. The van der Waals surface area contributed by atoms with Crippen molar-refractivity contribution < 1.29 is 22.8 Å². The minimum atomic E-state index is -4.59. The molecule has 0 radical (unpaired) electrons. The van der Waals surface area contributed by atoms with Crippen molar-refractivity contribution in [3.8, 4) is 0 Å². The van der Waals surface area contributed by atoms with Crippen molar-refractivity contribution in [2.24, 2.45) is 5.92 Å². The molecule has 2 aromatic rings. The maximum atomic E-state index is 13.2. The van der Waals surface area contributed by atoms with Crippen LogP contribution in [0.2, 0.25) is 0 Å². The number of halogens is 3. The first kappa shape index (κ1) is 21.9. The molecule has 8 heteroatoms. The molecule has 166 valence electrons. The van der Waals surface area contributed by atoms with E-state index in [1.807, 2.05) is 0 Å². The fraction of sp³-hybridized carbons (Fsp3) is 0.333. The zero-order valence-corrected chi connectivity index (χ0v) is 17.3. The third-order valence-corrected chi connectivity index (χ3v) is 5.67. The van der Waals surface area contributed by atoms with E-state index in [0.29, 0.717) is 24.2 Å². The van der Waals surface area contributed by atoms with Crippen molar-refractivity contribution in [2.45, 2.75) is 38.3 Å². The number of aromatic nitrogens is 2. The number of benzene rings is 1. The van der Waals surface area contributed by atoms with Crippen LogP contribution in [0.3, 0.4) is 0 Å². The number of carbonyl (C=O) groups is 2. The van der Waals surface area contributed by atoms with Gasteiger partial charge in [-0.1, -0.05) is 43.2 Å². The highest BCUT2D eigenvalue weighted by molar-refractivity contribution is 6.10. The molecule has 0 aliphatic heterocycles. The lowest BCUT2D eigenvalue weighted by Crippen LogP contribution is -2.26. The summed E-state index contributed by atoms with van der Waals surface area (Å²) >= 11 is 0. The fourth-order valence-corrected chi connectivity index (χ4v) is 3.64. The number of rotatable bonds is 7. The fourth-order valence-electron chi connectivity index (χ4n) is 3.64. The van der Waals surface area contributed by atoms with Gasteiger partial charge >= 0.3 is 6.18 Å². The number of amides is 1. The predicted molar refractivity (Wildman–Crippen MR) is 113 cm³/mol. The van der Waals surface area contributed by atoms with E-state index < -0.39 is 17.5 Å². The molecule has 0 unspecified atom stereocenters. The van der Waals surface area contributed by atoms with Crippen LogP contribution in [0.25, 0.3) is 5.57 Å². The van der Waals surface area contributed by atoms with Gasteiger partial charge in [-0.05, 0) is 49.0 Å². The van der Waals surface area contributed by atoms with E-state index in [-0.39, 0.29) is 23.6 Å². The molecule has 1 amide bonds. The van der Waals surface area contributed by atoms with Gasteiger partial charge in [0.15, 0.2) is 11.5 Å². The Morgan fingerprint density at radius 1 is 1.00 bits per heavy atom. The van der Waals surface area contributed by atoms with Gasteiger partial charge in [-0.2, -0.15) is 18.3 Å². The number of Topliss-reactive ketones (excluding diaryl/α,β-unsaturated/α-hetero) is 1. The smallest absolute Gasteiger partial charge is 0.351 e. The molecule has 1 heterocycles. The molecule has 32 heavy (non-hydrogen) atoms. The van der Waals surface area contributed by atoms with E-state index in [9.17, 15) is 22.8 Å². The Morgan fingerprint density at radius 3 is 2.41 bits per heavy atom. The normalized spacial score (nSPS) is 16.2. The molecular formula is C24H22F3N3O2. The average Bonchev–Trinajstić information content (AvgIpc) is 3.63. The SMILES string of the molecule is O=C(NCCC1CC1)c1ccc(C2=CCC(C(=O)c3ccccc3C(F)(F)F)=CC2)nn1. The molecule has 1 saturated carbocycles. The van der Waals surface area contributed by atoms with Gasteiger partial charge in [0.25, 0.3) is 5.91 Å². The van der Waals surface area contributed by atoms with Crippen LogP contribution in [0.15, 0.2) is 54.1 Å². The highest BCUT2D eigenvalue weighted by Crippen LogP contribution is 2.34. The van der Waals surface area contributed by atoms with Crippen molar-refractivity contribution >= 4 is 17.3 Å². The van der Waals surface area contributed by atoms with Crippen LogP contribution in [-0.2, 0) is 6.18 Å². The van der Waals surface area contributed by atoms with Crippen molar-refractivity contribution in [2.75, 3.05) is 6.54 Å². The molecule has 1 N–H and O–H groups in total. The van der Waals surface area contributed by atoms with E-state index in [2.05, 4.69) is 15.5 Å². The van der Waals surface area contributed by atoms with Gasteiger partial charge in [0, 0.05) is 17.7 Å². The van der Waals surface area contributed by atoms with Crippen molar-refractivity contribution in [1.82, 2.24) is 15.5 Å². The molecule has 5 nitrogen and oxygen atoms in total. The first-order valence-electron chi connectivity index (χ1n) is 10.5. The molecule has 1 fully saturated rings. The topological polar surface area (TPSA) is 72.0 Å². The Balaban J connectivity index is 1.39. The lowest BCUT2D eigenvalue weighted by Gasteiger charge is -2.16. The Hall–Kier alpha value is -3.29. The quantitative estimate of drug-likeness (QED) is 0.613. The first-order chi connectivity index (χ1) is 15.3. The van der Waals surface area contributed by atoms with Crippen LogP contribution in [0.1, 0.15) is 64.2 Å². The zero-order valence-electron chi connectivity index (χ0n) is 17.3. The summed E-state index contributed by atoms with van der Waals surface area (Å²) in [6.45, 7) is 0.622. The highest BCUT2D eigenvalue weighted by Gasteiger charge is 2.35. The average molecular weight is 441 g/mol. The number of nitrogens with zero attached hydrogens (tertiary/aromatic N) is 2. The summed E-state index contributed by atoms with van der Waals surface area (Å²) in [6, 6.07) is 8.09. The van der Waals surface area contributed by atoms with Crippen LogP contribution in [0.5, 0.6) is 0 Å². The Morgan fingerprint density at radius 2 is 1.78 bits per heavy atom. The van der Waals surface area contributed by atoms with Crippen molar-refractivity contribution in [3.63, 3.8) is 0 Å². The minimum absolute atomic E-state index is 0.200. The minimum Gasteiger partial charge on any atom is -0.351 e. The Bertz CT molecular complexity index is 1080. The first-order valence-corrected chi connectivity index (χ1v) is 10.5. The summed E-state index contributed by atoms with van der Waals surface area (Å²) in [7, 11) is 0. The molecule has 0 spiro atoms. The lowest BCUT2D eigenvalue weighted by atomic mass is 9.90. The molecule has 2 aliphatic carbocycles. The predicted octanol–water partition coefficient (Wildman–Crippen LogP) is 5.01. The van der Waals surface area contributed by atoms with E-state index in [0.717, 1.165) is 24.0 Å². The van der Waals surface area contributed by atoms with Gasteiger partial charge < -0.3 is 5.32 Å². The van der Waals surface area contributed by atoms with Gasteiger partial charge in [-0.15, -0.1) is 5.10 Å². The number of hydrogen-bond acceptors (Lipinski definition) is 4. The second kappa shape index (κ2) is 9.06. The molecule has 0 atom stereocenters. The third-order valence-electron chi connectivity index (χ3n) is 5.67. The zero-order chi connectivity index (χ0) is 22.7. The van der Waals surface area contributed by atoms with Crippen LogP contribution in [0.4, 0.5) is 13.2 Å². The van der Waals surface area contributed by atoms with E-state index in [1.165, 1.54) is 31.0 Å². The molecule has 1 aromatic carbocycles. The molecule has 4 rings (SSSR count). The summed E-state index contributed by atoms with van der Waals surface area (Å²) < 4.78 is 39.7. The number of hydrogen-bond donors (Lipinski definition) is 1. The number of allylic oxidation sites excluding steroid dienone is 4. The summed E-state index contributed by atoms with van der Waals surface area (Å²) in [5.41, 5.74) is 0.635. The van der Waals surface area contributed by atoms with Crippen molar-refractivity contribution in [3.05, 3.63) is 76.6 Å². The number of carbonyl (C=O) groups excluding carboxylic acids is 2. The lowest BCUT2D eigenvalue weighted by molar-refractivity contribution is -0.137. The second-order valence-corrected chi connectivity index (χ2v) is 8.03. The largest absolute Gasteiger partial charge is 0.417 e. The van der Waals surface area contributed by atoms with Gasteiger partial charge in [0.05, 0.1) is 11.3 Å². The molecule has 1 aromatic heterocycles. The van der Waals surface area contributed by atoms with Crippen LogP contribution < -0.4 is 5.32 Å². The van der Waals surface area contributed by atoms with Gasteiger partial charge in [0.1, 0.15) is 0 Å². The van der Waals surface area contributed by atoms with E-state index in [1.54, 1.807) is 24.3 Å². The maximum absolute atomic E-state index is 13.2. The van der Waals surface area contributed by atoms with E-state index in [4.69, 9.17) is 0 Å². The van der Waals surface area contributed by atoms with Gasteiger partial charge in [0.2, 0.25) is 0 Å². The number of alkyl halides is 3. The Labute approximate surface area is 183 Å². The van der Waals surface area contributed by atoms with E-state index >= 15 is 0 Å². The van der Waals surface area contributed by atoms with Crippen LogP contribution in [-0.4, -0.2) is 28.4 Å². The van der Waals surface area contributed by atoms with Gasteiger partial charge in [-0.25, -0.2) is 0 Å². The number of ketones is 1. The summed E-state index contributed by atoms with van der Waals surface area (Å²) in [5.74, 6) is -0.162. The summed E-state index contributed by atoms with van der Waals surface area (Å²) in [6.07, 6.45) is 2.79. The van der Waals surface area contributed by atoms with Crippen LogP contribution in [0, 0.1) is 5.92 Å². The summed E-state index contributed by atoms with van der Waals surface area (Å²) in [4.78, 5) is 24.8. The molecule has 0 bridgehead atoms. The maximum Gasteiger partial charge on any atom is 0.417 e. The van der Waals surface area contributed by atoms with Crippen LogP contribution >= 0.6 is 0 Å². The van der Waals surface area contributed by atoms with Crippen molar-refractivity contribution in [1.29, 1.82) is 0 Å². The molecule has 2 aliphatic rings. The molecule has 0 saturated heterocycles. The Kier molecular flexibility index (Phi) is 6.21. The highest BCUT2D eigenvalue weighted by atomic mass is 19.4. The second-order valence-electron chi connectivity index (χ2n) is 8.03. The standard InChI is InChI=1S/C24H22F3N3O2/c25-24(26,27)19-4-2-1-3-18(19)22(31)17-9-7-16(8-10-17)20-11-12-21(30-29-20)23(32)28-14-13-15-5-6-15/h1-4,7,10-12,15H,5-6,8-9,13-14H2,(H,28,32). The third kappa shape index (κ3) is 5.12. The monoisotopic (exact) mass is 441 g/mol.